The van der Waals surface area contributed by atoms with E-state index in [-0.39, 0.29) is 23.2 Å². The van der Waals surface area contributed by atoms with E-state index in [4.69, 9.17) is 4.74 Å². The zero-order valence-corrected chi connectivity index (χ0v) is 10.6. The molecule has 1 aromatic rings. The minimum atomic E-state index is -0.0721. The molecule has 1 aliphatic rings. The van der Waals surface area contributed by atoms with Crippen molar-refractivity contribution in [2.45, 2.75) is 31.1 Å². The van der Waals surface area contributed by atoms with Crippen LogP contribution in [0.1, 0.15) is 19.4 Å². The van der Waals surface area contributed by atoms with Crippen molar-refractivity contribution in [3.63, 3.8) is 0 Å². The molecule has 1 aliphatic heterocycles. The van der Waals surface area contributed by atoms with E-state index in [1.165, 1.54) is 5.56 Å². The Balaban J connectivity index is 2.06. The SMILES string of the molecule is Cc1ccc(SC2OC(=O)C(C)C2C)cc1. The highest BCUT2D eigenvalue weighted by Crippen LogP contribution is 2.38. The summed E-state index contributed by atoms with van der Waals surface area (Å²) in [6.45, 7) is 6.07. The van der Waals surface area contributed by atoms with Gasteiger partial charge in [0.1, 0.15) is 0 Å². The molecule has 2 nitrogen and oxygen atoms in total. The van der Waals surface area contributed by atoms with Crippen LogP contribution in [0, 0.1) is 18.8 Å². The molecule has 86 valence electrons. The molecule has 0 amide bonds. The molecule has 0 aromatic heterocycles. The topological polar surface area (TPSA) is 26.3 Å². The maximum atomic E-state index is 11.4. The molecule has 0 saturated carbocycles. The Bertz CT molecular complexity index is 385. The first-order chi connectivity index (χ1) is 7.58. The highest BCUT2D eigenvalue weighted by atomic mass is 32.2. The lowest BCUT2D eigenvalue weighted by Crippen LogP contribution is -2.12. The summed E-state index contributed by atoms with van der Waals surface area (Å²) < 4.78 is 5.34. The Morgan fingerprint density at radius 3 is 2.31 bits per heavy atom. The quantitative estimate of drug-likeness (QED) is 0.737. The van der Waals surface area contributed by atoms with Crippen molar-refractivity contribution in [2.75, 3.05) is 0 Å². The van der Waals surface area contributed by atoms with Gasteiger partial charge in [-0.3, -0.25) is 4.79 Å². The Hall–Kier alpha value is -0.960. The van der Waals surface area contributed by atoms with Crippen LogP contribution in [0.5, 0.6) is 0 Å². The number of esters is 1. The van der Waals surface area contributed by atoms with Crippen LogP contribution < -0.4 is 0 Å². The highest BCUT2D eigenvalue weighted by Gasteiger charge is 2.39. The molecule has 0 radical (unpaired) electrons. The molecule has 3 unspecified atom stereocenters. The molecule has 1 aromatic carbocycles. The number of carbonyl (C=O) groups excluding carboxylic acids is 1. The van der Waals surface area contributed by atoms with Crippen LogP contribution >= 0.6 is 11.8 Å². The first-order valence-electron chi connectivity index (χ1n) is 5.52. The minimum absolute atomic E-state index is 0.0166. The molecule has 3 heteroatoms. The van der Waals surface area contributed by atoms with Gasteiger partial charge in [0.05, 0.1) is 5.92 Å². The predicted octanol–water partition coefficient (Wildman–Crippen LogP) is 3.24. The van der Waals surface area contributed by atoms with E-state index in [1.807, 2.05) is 6.92 Å². The molecule has 1 heterocycles. The second kappa shape index (κ2) is 4.50. The summed E-state index contributed by atoms with van der Waals surface area (Å²) in [6.07, 6.45) is 0. The second-order valence-corrected chi connectivity index (χ2v) is 5.56. The van der Waals surface area contributed by atoms with E-state index in [1.54, 1.807) is 11.8 Å². The van der Waals surface area contributed by atoms with Crippen LogP contribution in [0.2, 0.25) is 0 Å². The van der Waals surface area contributed by atoms with Crippen LogP contribution in [0.4, 0.5) is 0 Å². The fourth-order valence-electron chi connectivity index (χ4n) is 1.66. The fourth-order valence-corrected chi connectivity index (χ4v) is 2.82. The number of carbonyl (C=O) groups is 1. The maximum absolute atomic E-state index is 11.4. The van der Waals surface area contributed by atoms with Crippen molar-refractivity contribution in [3.05, 3.63) is 29.8 Å². The first-order valence-corrected chi connectivity index (χ1v) is 6.39. The molecule has 3 atom stereocenters. The number of hydrogen-bond donors (Lipinski definition) is 0. The van der Waals surface area contributed by atoms with Gasteiger partial charge >= 0.3 is 5.97 Å². The third-order valence-electron chi connectivity index (χ3n) is 3.10. The molecular formula is C13H16O2S. The van der Waals surface area contributed by atoms with Gasteiger partial charge in [0, 0.05) is 10.8 Å². The molecule has 16 heavy (non-hydrogen) atoms. The van der Waals surface area contributed by atoms with Crippen LogP contribution in [-0.2, 0) is 9.53 Å². The summed E-state index contributed by atoms with van der Waals surface area (Å²) in [6, 6.07) is 8.30. The van der Waals surface area contributed by atoms with Crippen LogP contribution in [0.3, 0.4) is 0 Å². The van der Waals surface area contributed by atoms with Crippen LogP contribution in [-0.4, -0.2) is 11.4 Å². The molecule has 0 N–H and O–H groups in total. The van der Waals surface area contributed by atoms with Gasteiger partial charge in [-0.2, -0.15) is 0 Å². The average molecular weight is 236 g/mol. The van der Waals surface area contributed by atoms with Gasteiger partial charge in [-0.1, -0.05) is 43.3 Å². The molecule has 1 saturated heterocycles. The fraction of sp³-hybridized carbons (Fsp3) is 0.462. The average Bonchev–Trinajstić information content (AvgIpc) is 2.50. The molecule has 0 spiro atoms. The normalized spacial score (nSPS) is 29.2. The summed E-state index contributed by atoms with van der Waals surface area (Å²) in [5.74, 6) is 0.221. The number of aryl methyl sites for hydroxylation is 1. The van der Waals surface area contributed by atoms with Crippen molar-refractivity contribution in [3.8, 4) is 0 Å². The van der Waals surface area contributed by atoms with Crippen molar-refractivity contribution in [2.24, 2.45) is 11.8 Å². The van der Waals surface area contributed by atoms with Crippen molar-refractivity contribution < 1.29 is 9.53 Å². The minimum Gasteiger partial charge on any atom is -0.450 e. The number of rotatable bonds is 2. The highest BCUT2D eigenvalue weighted by molar-refractivity contribution is 7.99. The standard InChI is InChI=1S/C13H16O2S/c1-8-4-6-11(7-5-8)16-13-10(3)9(2)12(14)15-13/h4-7,9-10,13H,1-3H3. The van der Waals surface area contributed by atoms with Crippen molar-refractivity contribution in [1.29, 1.82) is 0 Å². The van der Waals surface area contributed by atoms with Gasteiger partial charge in [-0.05, 0) is 19.1 Å². The molecule has 0 aliphatic carbocycles. The van der Waals surface area contributed by atoms with E-state index in [0.717, 1.165) is 4.90 Å². The van der Waals surface area contributed by atoms with E-state index in [9.17, 15) is 4.79 Å². The Morgan fingerprint density at radius 2 is 1.81 bits per heavy atom. The molecule has 1 fully saturated rings. The monoisotopic (exact) mass is 236 g/mol. The second-order valence-electron chi connectivity index (χ2n) is 4.38. The Kier molecular flexibility index (Phi) is 3.24. The summed E-state index contributed by atoms with van der Waals surface area (Å²) in [5, 5.41) is 0. The van der Waals surface area contributed by atoms with Crippen molar-refractivity contribution >= 4 is 17.7 Å². The van der Waals surface area contributed by atoms with Crippen molar-refractivity contribution in [1.82, 2.24) is 0 Å². The van der Waals surface area contributed by atoms with E-state index in [2.05, 4.69) is 38.1 Å². The molecule has 2 rings (SSSR count). The zero-order valence-electron chi connectivity index (χ0n) is 9.77. The number of ether oxygens (including phenoxy) is 1. The Labute approximate surface area is 100 Å². The van der Waals surface area contributed by atoms with Gasteiger partial charge in [-0.15, -0.1) is 0 Å². The number of thioether (sulfide) groups is 1. The zero-order chi connectivity index (χ0) is 11.7. The number of hydrogen-bond acceptors (Lipinski definition) is 3. The number of cyclic esters (lactones) is 1. The molecular weight excluding hydrogens is 220 g/mol. The summed E-state index contributed by atoms with van der Waals surface area (Å²) in [7, 11) is 0. The first kappa shape index (κ1) is 11.5. The number of benzene rings is 1. The summed E-state index contributed by atoms with van der Waals surface area (Å²) in [5.41, 5.74) is 1.21. The third kappa shape index (κ3) is 2.24. The largest absolute Gasteiger partial charge is 0.450 e. The smallest absolute Gasteiger partial charge is 0.310 e. The lowest BCUT2D eigenvalue weighted by Gasteiger charge is -2.14. The van der Waals surface area contributed by atoms with Gasteiger partial charge < -0.3 is 4.74 Å². The summed E-state index contributed by atoms with van der Waals surface area (Å²) >= 11 is 1.63. The lowest BCUT2D eigenvalue weighted by atomic mass is 10.0. The van der Waals surface area contributed by atoms with Crippen LogP contribution in [0.15, 0.2) is 29.2 Å². The van der Waals surface area contributed by atoms with E-state index in [0.29, 0.717) is 0 Å². The van der Waals surface area contributed by atoms with Gasteiger partial charge in [0.25, 0.3) is 0 Å². The summed E-state index contributed by atoms with van der Waals surface area (Å²) in [4.78, 5) is 12.6. The third-order valence-corrected chi connectivity index (χ3v) is 4.40. The Morgan fingerprint density at radius 1 is 1.19 bits per heavy atom. The lowest BCUT2D eigenvalue weighted by molar-refractivity contribution is -0.141. The van der Waals surface area contributed by atoms with Gasteiger partial charge in [-0.25, -0.2) is 0 Å². The van der Waals surface area contributed by atoms with Crippen LogP contribution in [0.25, 0.3) is 0 Å². The van der Waals surface area contributed by atoms with Gasteiger partial charge in [0.15, 0.2) is 5.44 Å². The van der Waals surface area contributed by atoms with E-state index >= 15 is 0 Å². The molecule has 0 bridgehead atoms. The predicted molar refractivity (Wildman–Crippen MR) is 65.2 cm³/mol. The maximum Gasteiger partial charge on any atom is 0.310 e. The van der Waals surface area contributed by atoms with E-state index < -0.39 is 0 Å². The van der Waals surface area contributed by atoms with Gasteiger partial charge in [0.2, 0.25) is 0 Å².